The van der Waals surface area contributed by atoms with E-state index in [0.29, 0.717) is 0 Å². The van der Waals surface area contributed by atoms with Crippen molar-refractivity contribution < 1.29 is 4.74 Å². The lowest BCUT2D eigenvalue weighted by molar-refractivity contribution is 0.0712. The first-order chi connectivity index (χ1) is 8.83. The molecule has 2 atom stereocenters. The first-order valence-corrected chi connectivity index (χ1v) is 7.23. The van der Waals surface area contributed by atoms with Crippen LogP contribution in [-0.2, 0) is 0 Å². The number of rotatable bonds is 7. The zero-order valence-electron chi connectivity index (χ0n) is 12.6. The molecule has 0 aromatic heterocycles. The summed E-state index contributed by atoms with van der Waals surface area (Å²) >= 11 is 0. The molecule has 116 valence electrons. The Labute approximate surface area is 137 Å². The largest absolute Gasteiger partial charge is 0.493 e. The van der Waals surface area contributed by atoms with Crippen molar-refractivity contribution in [3.05, 3.63) is 30.3 Å². The third kappa shape index (κ3) is 5.58. The van der Waals surface area contributed by atoms with E-state index in [-0.39, 0.29) is 27.0 Å². The highest BCUT2D eigenvalue weighted by molar-refractivity contribution is 7.59. The fourth-order valence-corrected chi connectivity index (χ4v) is 2.63. The highest BCUT2D eigenvalue weighted by Crippen LogP contribution is 2.35. The molecule has 2 nitrogen and oxygen atoms in total. The molecule has 1 fully saturated rings. The van der Waals surface area contributed by atoms with E-state index in [2.05, 4.69) is 18.7 Å². The first-order valence-electron chi connectivity index (χ1n) is 7.23. The molecule has 0 spiro atoms. The Morgan fingerprint density at radius 3 is 2.10 bits per heavy atom. The number of nitrogens with zero attached hydrogens (tertiary/aromatic N) is 1. The van der Waals surface area contributed by atoms with Crippen molar-refractivity contribution in [3.63, 3.8) is 0 Å². The van der Waals surface area contributed by atoms with Gasteiger partial charge in [-0.05, 0) is 49.9 Å². The second-order valence-corrected chi connectivity index (χ2v) is 5.21. The molecular weight excluding hydrogens is 286 g/mol. The smallest absolute Gasteiger partial charge is 0.119 e. The zero-order valence-corrected chi connectivity index (χ0v) is 14.6. The number of para-hydroxylation sites is 1. The van der Waals surface area contributed by atoms with Crippen LogP contribution >= 0.6 is 27.0 Å². The van der Waals surface area contributed by atoms with Crippen molar-refractivity contribution in [2.45, 2.75) is 26.7 Å². The summed E-state index contributed by atoms with van der Waals surface area (Å²) in [6, 6.07) is 10.2. The Morgan fingerprint density at radius 2 is 1.60 bits per heavy atom. The monoisotopic (exact) mass is 315 g/mol. The van der Waals surface area contributed by atoms with Gasteiger partial charge in [-0.1, -0.05) is 32.0 Å². The van der Waals surface area contributed by atoms with Gasteiger partial charge in [0.05, 0.1) is 6.61 Å². The Kier molecular flexibility index (Phi) is 10.2. The van der Waals surface area contributed by atoms with Gasteiger partial charge in [-0.3, -0.25) is 0 Å². The third-order valence-corrected chi connectivity index (χ3v) is 4.17. The van der Waals surface area contributed by atoms with Gasteiger partial charge in [0.15, 0.2) is 0 Å². The molecule has 1 aliphatic carbocycles. The van der Waals surface area contributed by atoms with Gasteiger partial charge in [0.1, 0.15) is 5.75 Å². The lowest BCUT2D eigenvalue weighted by atomic mass is 9.74. The zero-order chi connectivity index (χ0) is 12.8. The predicted molar refractivity (Wildman–Crippen MR) is 96.7 cm³/mol. The maximum Gasteiger partial charge on any atom is 0.119 e. The van der Waals surface area contributed by atoms with E-state index in [1.54, 1.807) is 0 Å². The average molecular weight is 316 g/mol. The van der Waals surface area contributed by atoms with Gasteiger partial charge >= 0.3 is 0 Å². The maximum absolute atomic E-state index is 5.87. The molecule has 1 aliphatic rings. The minimum Gasteiger partial charge on any atom is -0.493 e. The van der Waals surface area contributed by atoms with Crippen molar-refractivity contribution >= 4 is 27.0 Å². The molecule has 4 heteroatoms. The summed E-state index contributed by atoms with van der Waals surface area (Å²) in [6.45, 7) is 8.96. The predicted octanol–water partition coefficient (Wildman–Crippen LogP) is 3.66. The highest BCUT2D eigenvalue weighted by atomic mass is 32.1. The van der Waals surface area contributed by atoms with Gasteiger partial charge in [-0.25, -0.2) is 0 Å². The third-order valence-electron chi connectivity index (χ3n) is 4.17. The Hall–Kier alpha value is -0.320. The van der Waals surface area contributed by atoms with Gasteiger partial charge in [-0.15, -0.1) is 0 Å². The quantitative estimate of drug-likeness (QED) is 0.761. The van der Waals surface area contributed by atoms with Crippen LogP contribution in [0.25, 0.3) is 0 Å². The molecule has 0 N–H and O–H groups in total. The van der Waals surface area contributed by atoms with Gasteiger partial charge in [0.2, 0.25) is 0 Å². The fourth-order valence-electron chi connectivity index (χ4n) is 2.63. The molecule has 1 aromatic rings. The summed E-state index contributed by atoms with van der Waals surface area (Å²) in [7, 11) is 0. The molecule has 0 unspecified atom stereocenters. The summed E-state index contributed by atoms with van der Waals surface area (Å²) in [5.74, 6) is 2.60. The van der Waals surface area contributed by atoms with Crippen LogP contribution in [-0.4, -0.2) is 31.1 Å². The summed E-state index contributed by atoms with van der Waals surface area (Å²) < 4.78 is 5.87. The number of ether oxygens (including phenoxy) is 1. The molecule has 0 bridgehead atoms. The van der Waals surface area contributed by atoms with E-state index >= 15 is 0 Å². The molecule has 0 aliphatic heterocycles. The molecule has 1 aromatic carbocycles. The van der Waals surface area contributed by atoms with Gasteiger partial charge in [0.25, 0.3) is 0 Å². The van der Waals surface area contributed by atoms with Crippen molar-refractivity contribution in [2.24, 2.45) is 11.8 Å². The second-order valence-electron chi connectivity index (χ2n) is 5.21. The normalized spacial score (nSPS) is 20.6. The number of hydrogen-bond donors (Lipinski definition) is 0. The summed E-state index contributed by atoms with van der Waals surface area (Å²) in [5.41, 5.74) is 0. The Morgan fingerprint density at radius 1 is 1.00 bits per heavy atom. The van der Waals surface area contributed by atoms with Crippen LogP contribution in [0.3, 0.4) is 0 Å². The fraction of sp³-hybridized carbons (Fsp3) is 0.625. The standard InChI is InChI=1S/C16H25NO.2H2S/c1-3-17(4-2)12-14-10-11-15(14)13-18-16-8-6-5-7-9-16;;/h5-9,14-15H,3-4,10-13H2,1-2H3;2*1H2/t14-,15-;;/m1../s1. The molecule has 1 saturated carbocycles. The molecule has 0 amide bonds. The topological polar surface area (TPSA) is 12.5 Å². The highest BCUT2D eigenvalue weighted by Gasteiger charge is 2.32. The van der Waals surface area contributed by atoms with Crippen molar-refractivity contribution in [1.82, 2.24) is 4.90 Å². The molecule has 0 radical (unpaired) electrons. The van der Waals surface area contributed by atoms with Crippen LogP contribution in [0.1, 0.15) is 26.7 Å². The van der Waals surface area contributed by atoms with E-state index in [9.17, 15) is 0 Å². The lowest BCUT2D eigenvalue weighted by Gasteiger charge is -2.39. The van der Waals surface area contributed by atoms with Gasteiger partial charge in [-0.2, -0.15) is 27.0 Å². The maximum atomic E-state index is 5.87. The van der Waals surface area contributed by atoms with Crippen LogP contribution in [0.15, 0.2) is 30.3 Å². The first kappa shape index (κ1) is 19.7. The van der Waals surface area contributed by atoms with Crippen LogP contribution < -0.4 is 4.74 Å². The number of benzene rings is 1. The van der Waals surface area contributed by atoms with E-state index in [4.69, 9.17) is 4.74 Å². The summed E-state index contributed by atoms with van der Waals surface area (Å²) in [4.78, 5) is 2.53. The van der Waals surface area contributed by atoms with Crippen molar-refractivity contribution in [3.8, 4) is 5.75 Å². The van der Waals surface area contributed by atoms with E-state index in [0.717, 1.165) is 24.2 Å². The van der Waals surface area contributed by atoms with Crippen molar-refractivity contribution in [1.29, 1.82) is 0 Å². The summed E-state index contributed by atoms with van der Waals surface area (Å²) in [5, 5.41) is 0. The Bertz CT molecular complexity index is 344. The minimum absolute atomic E-state index is 0. The van der Waals surface area contributed by atoms with Gasteiger partial charge in [0, 0.05) is 6.54 Å². The van der Waals surface area contributed by atoms with Gasteiger partial charge < -0.3 is 9.64 Å². The van der Waals surface area contributed by atoms with Crippen LogP contribution in [0.2, 0.25) is 0 Å². The van der Waals surface area contributed by atoms with E-state index in [1.165, 1.54) is 32.5 Å². The second kappa shape index (κ2) is 10.4. The number of hydrogen-bond acceptors (Lipinski definition) is 2. The van der Waals surface area contributed by atoms with E-state index in [1.807, 2.05) is 30.3 Å². The molecular formula is C16H29NOS2. The van der Waals surface area contributed by atoms with Crippen LogP contribution in [0.5, 0.6) is 5.75 Å². The molecule has 0 saturated heterocycles. The molecule has 0 heterocycles. The Balaban J connectivity index is 0.00000180. The molecule has 20 heavy (non-hydrogen) atoms. The van der Waals surface area contributed by atoms with Crippen molar-refractivity contribution in [2.75, 3.05) is 26.2 Å². The SMILES string of the molecule is CCN(CC)C[C@H]1CC[C@@H]1COc1ccccc1.S.S. The lowest BCUT2D eigenvalue weighted by Crippen LogP contribution is -2.40. The average Bonchev–Trinajstić information content (AvgIpc) is 2.40. The minimum atomic E-state index is 0. The van der Waals surface area contributed by atoms with E-state index < -0.39 is 0 Å². The van der Waals surface area contributed by atoms with Crippen LogP contribution in [0, 0.1) is 11.8 Å². The van der Waals surface area contributed by atoms with Crippen LogP contribution in [0.4, 0.5) is 0 Å². The summed E-state index contributed by atoms with van der Waals surface area (Å²) in [6.07, 6.45) is 2.71. The molecule has 2 rings (SSSR count).